The lowest BCUT2D eigenvalue weighted by atomic mass is 10.1. The zero-order chi connectivity index (χ0) is 12.5. The summed E-state index contributed by atoms with van der Waals surface area (Å²) in [5.74, 6) is 0.848. The van der Waals surface area contributed by atoms with Gasteiger partial charge < -0.3 is 9.14 Å². The first-order valence-electron chi connectivity index (χ1n) is 5.86. The lowest BCUT2D eigenvalue weighted by Crippen LogP contribution is -1.84. The van der Waals surface area contributed by atoms with Crippen molar-refractivity contribution < 1.29 is 4.74 Å². The van der Waals surface area contributed by atoms with Gasteiger partial charge in [-0.1, -0.05) is 18.2 Å². The van der Waals surface area contributed by atoms with E-state index in [0.29, 0.717) is 0 Å². The first-order chi connectivity index (χ1) is 8.78. The number of hydrogen-bond acceptors (Lipinski definition) is 2. The molecule has 0 saturated heterocycles. The molecular weight excluding hydrogens is 224 g/mol. The van der Waals surface area contributed by atoms with Gasteiger partial charge in [0.2, 0.25) is 0 Å². The Morgan fingerprint density at radius 1 is 1.17 bits per heavy atom. The highest BCUT2D eigenvalue weighted by Crippen LogP contribution is 2.24. The molecule has 3 heteroatoms. The van der Waals surface area contributed by atoms with Gasteiger partial charge in [-0.25, -0.2) is 4.98 Å². The van der Waals surface area contributed by atoms with Gasteiger partial charge in [0, 0.05) is 18.0 Å². The Morgan fingerprint density at radius 2 is 2.06 bits per heavy atom. The van der Waals surface area contributed by atoms with E-state index in [4.69, 9.17) is 4.74 Å². The molecule has 0 aliphatic rings. The van der Waals surface area contributed by atoms with Crippen molar-refractivity contribution in [2.45, 2.75) is 6.92 Å². The summed E-state index contributed by atoms with van der Waals surface area (Å²) < 4.78 is 7.29. The number of rotatable bonds is 2. The Kier molecular flexibility index (Phi) is 2.52. The normalized spacial score (nSPS) is 10.8. The topological polar surface area (TPSA) is 26.5 Å². The molecule has 0 saturated carbocycles. The van der Waals surface area contributed by atoms with Crippen molar-refractivity contribution in [1.29, 1.82) is 0 Å². The summed E-state index contributed by atoms with van der Waals surface area (Å²) in [7, 11) is 1.67. The molecule has 0 atom stereocenters. The molecular formula is C15H14N2O. The van der Waals surface area contributed by atoms with Crippen LogP contribution in [-0.4, -0.2) is 16.5 Å². The van der Waals surface area contributed by atoms with Crippen LogP contribution in [0.25, 0.3) is 16.9 Å². The maximum Gasteiger partial charge on any atom is 0.140 e. The number of aromatic nitrogens is 2. The molecule has 0 aliphatic carbocycles. The van der Waals surface area contributed by atoms with Crippen molar-refractivity contribution in [2.75, 3.05) is 7.11 Å². The minimum absolute atomic E-state index is 0.848. The third-order valence-corrected chi connectivity index (χ3v) is 3.04. The fraction of sp³-hybridized carbons (Fsp3) is 0.133. The number of aryl methyl sites for hydroxylation is 1. The molecule has 2 heterocycles. The summed E-state index contributed by atoms with van der Waals surface area (Å²) >= 11 is 0. The number of methoxy groups -OCH3 is 1. The van der Waals surface area contributed by atoms with E-state index in [9.17, 15) is 0 Å². The third kappa shape index (κ3) is 1.74. The summed E-state index contributed by atoms with van der Waals surface area (Å²) in [4.78, 5) is 4.67. The summed E-state index contributed by atoms with van der Waals surface area (Å²) in [5.41, 5.74) is 4.20. The van der Waals surface area contributed by atoms with Crippen LogP contribution in [-0.2, 0) is 0 Å². The molecule has 3 nitrogen and oxygen atoms in total. The molecule has 0 amide bonds. The van der Waals surface area contributed by atoms with Gasteiger partial charge in [0.15, 0.2) is 0 Å². The van der Waals surface area contributed by atoms with Crippen molar-refractivity contribution in [3.05, 3.63) is 54.4 Å². The van der Waals surface area contributed by atoms with Crippen LogP contribution in [0, 0.1) is 6.92 Å². The molecule has 90 valence electrons. The van der Waals surface area contributed by atoms with Gasteiger partial charge in [-0.3, -0.25) is 0 Å². The summed E-state index contributed by atoms with van der Waals surface area (Å²) in [6, 6.07) is 12.0. The van der Waals surface area contributed by atoms with Gasteiger partial charge >= 0.3 is 0 Å². The maximum absolute atomic E-state index is 5.24. The fourth-order valence-electron chi connectivity index (χ4n) is 2.08. The predicted molar refractivity (Wildman–Crippen MR) is 71.9 cm³/mol. The van der Waals surface area contributed by atoms with E-state index >= 15 is 0 Å². The van der Waals surface area contributed by atoms with Crippen molar-refractivity contribution in [3.63, 3.8) is 0 Å². The molecule has 0 unspecified atom stereocenters. The van der Waals surface area contributed by atoms with Crippen molar-refractivity contribution in [1.82, 2.24) is 9.38 Å². The third-order valence-electron chi connectivity index (χ3n) is 3.04. The van der Waals surface area contributed by atoms with Crippen LogP contribution in [0.15, 0.2) is 48.8 Å². The summed E-state index contributed by atoms with van der Waals surface area (Å²) in [5, 5.41) is 0. The predicted octanol–water partition coefficient (Wildman–Crippen LogP) is 3.32. The van der Waals surface area contributed by atoms with E-state index in [1.165, 1.54) is 5.56 Å². The number of fused-ring (bicyclic) bond motifs is 1. The number of hydrogen-bond donors (Lipinski definition) is 0. The molecule has 0 aliphatic heterocycles. The smallest absolute Gasteiger partial charge is 0.140 e. The van der Waals surface area contributed by atoms with Gasteiger partial charge in [-0.05, 0) is 30.7 Å². The van der Waals surface area contributed by atoms with Gasteiger partial charge in [0.25, 0.3) is 0 Å². The molecule has 0 radical (unpaired) electrons. The number of benzene rings is 1. The van der Waals surface area contributed by atoms with Crippen LogP contribution in [0.4, 0.5) is 0 Å². The van der Waals surface area contributed by atoms with Gasteiger partial charge in [0.05, 0.1) is 12.8 Å². The second kappa shape index (κ2) is 4.18. The molecule has 18 heavy (non-hydrogen) atoms. The minimum Gasteiger partial charge on any atom is -0.497 e. The fourth-order valence-corrected chi connectivity index (χ4v) is 2.08. The van der Waals surface area contributed by atoms with Crippen LogP contribution in [0.5, 0.6) is 5.75 Å². The highest BCUT2D eigenvalue weighted by molar-refractivity contribution is 5.65. The van der Waals surface area contributed by atoms with Crippen LogP contribution < -0.4 is 4.74 Å². The molecule has 0 fully saturated rings. The Hall–Kier alpha value is -2.29. The van der Waals surface area contributed by atoms with E-state index in [2.05, 4.69) is 18.0 Å². The second-order valence-electron chi connectivity index (χ2n) is 4.28. The lowest BCUT2D eigenvalue weighted by Gasteiger charge is -2.00. The van der Waals surface area contributed by atoms with Crippen LogP contribution >= 0.6 is 0 Å². The van der Waals surface area contributed by atoms with Crippen LogP contribution in [0.1, 0.15) is 5.56 Å². The molecule has 0 N–H and O–H groups in total. The largest absolute Gasteiger partial charge is 0.497 e. The molecule has 2 aromatic heterocycles. The van der Waals surface area contributed by atoms with Crippen LogP contribution in [0.2, 0.25) is 0 Å². The molecule has 1 aromatic carbocycles. The number of imidazole rings is 1. The Balaban J connectivity index is 2.16. The summed E-state index contributed by atoms with van der Waals surface area (Å²) in [6.07, 6.45) is 4.05. The minimum atomic E-state index is 0.848. The Labute approximate surface area is 106 Å². The molecule has 0 bridgehead atoms. The van der Waals surface area contributed by atoms with Gasteiger partial charge in [0.1, 0.15) is 11.4 Å². The first kappa shape index (κ1) is 10.8. The highest BCUT2D eigenvalue weighted by atomic mass is 16.5. The van der Waals surface area contributed by atoms with Crippen molar-refractivity contribution >= 4 is 5.65 Å². The number of ether oxygens (including phenoxy) is 1. The standard InChI is InChI=1S/C15H14N2O/c1-11-5-4-8-17-10-14(16-15(11)17)12-6-3-7-13(9-12)18-2/h3-10H,1-2H3. The van der Waals surface area contributed by atoms with E-state index in [1.807, 2.05) is 47.1 Å². The van der Waals surface area contributed by atoms with E-state index in [1.54, 1.807) is 7.11 Å². The lowest BCUT2D eigenvalue weighted by molar-refractivity contribution is 0.415. The van der Waals surface area contributed by atoms with E-state index in [-0.39, 0.29) is 0 Å². The molecule has 3 aromatic rings. The van der Waals surface area contributed by atoms with Crippen molar-refractivity contribution in [3.8, 4) is 17.0 Å². The molecule has 3 rings (SSSR count). The maximum atomic E-state index is 5.24. The van der Waals surface area contributed by atoms with Crippen molar-refractivity contribution in [2.24, 2.45) is 0 Å². The van der Waals surface area contributed by atoms with E-state index in [0.717, 1.165) is 22.7 Å². The van der Waals surface area contributed by atoms with E-state index < -0.39 is 0 Å². The summed E-state index contributed by atoms with van der Waals surface area (Å²) in [6.45, 7) is 2.07. The average molecular weight is 238 g/mol. The zero-order valence-electron chi connectivity index (χ0n) is 10.4. The zero-order valence-corrected chi connectivity index (χ0v) is 10.4. The second-order valence-corrected chi connectivity index (χ2v) is 4.28. The SMILES string of the molecule is COc1cccc(-c2cn3cccc(C)c3n2)c1. The van der Waals surface area contributed by atoms with Crippen LogP contribution in [0.3, 0.4) is 0 Å². The number of nitrogens with zero attached hydrogens (tertiary/aromatic N) is 2. The monoisotopic (exact) mass is 238 g/mol. The number of pyridine rings is 1. The Morgan fingerprint density at radius 3 is 2.83 bits per heavy atom. The first-order valence-corrected chi connectivity index (χ1v) is 5.86. The Bertz CT molecular complexity index is 701. The van der Waals surface area contributed by atoms with Gasteiger partial charge in [-0.2, -0.15) is 0 Å². The average Bonchev–Trinajstić information content (AvgIpc) is 2.84. The molecule has 0 spiro atoms. The van der Waals surface area contributed by atoms with Gasteiger partial charge in [-0.15, -0.1) is 0 Å². The highest BCUT2D eigenvalue weighted by Gasteiger charge is 2.06. The quantitative estimate of drug-likeness (QED) is 0.684.